The van der Waals surface area contributed by atoms with E-state index in [4.69, 9.17) is 14.2 Å². The van der Waals surface area contributed by atoms with Crippen molar-refractivity contribution in [3.05, 3.63) is 47.5 Å². The topological polar surface area (TPSA) is 74.2 Å². The van der Waals surface area contributed by atoms with E-state index in [-0.39, 0.29) is 10.6 Å². The molecular weight excluding hydrogens is 366 g/mol. The Kier molecular flexibility index (Phi) is 5.70. The molecule has 0 bridgehead atoms. The number of benzene rings is 2. The first-order valence-corrected chi connectivity index (χ1v) is 10.4. The minimum atomic E-state index is -3.53. The van der Waals surface area contributed by atoms with Crippen LogP contribution in [0.15, 0.2) is 46.3 Å². The van der Waals surface area contributed by atoms with E-state index in [1.54, 1.807) is 44.6 Å². The van der Waals surface area contributed by atoms with Crippen molar-refractivity contribution < 1.29 is 22.6 Å². The number of sulfone groups is 1. The average Bonchev–Trinajstić information content (AvgIpc) is 2.67. The van der Waals surface area contributed by atoms with Gasteiger partial charge in [0.05, 0.1) is 37.2 Å². The lowest BCUT2D eigenvalue weighted by atomic mass is 9.97. The van der Waals surface area contributed by atoms with Gasteiger partial charge in [0.2, 0.25) is 0 Å². The summed E-state index contributed by atoms with van der Waals surface area (Å²) in [6.07, 6.45) is 0.738. The number of fused-ring (bicyclic) bond motifs is 1. The molecule has 0 amide bonds. The van der Waals surface area contributed by atoms with Gasteiger partial charge >= 0.3 is 0 Å². The third-order valence-corrected chi connectivity index (χ3v) is 6.07. The van der Waals surface area contributed by atoms with Crippen LogP contribution in [0.2, 0.25) is 0 Å². The second-order valence-corrected chi connectivity index (χ2v) is 8.10. The molecule has 0 N–H and O–H groups in total. The Hall–Kier alpha value is -2.54. The molecular formula is C20H23NO5S. The normalized spacial score (nSPS) is 13.5. The van der Waals surface area contributed by atoms with E-state index >= 15 is 0 Å². The third-order valence-electron chi connectivity index (χ3n) is 4.42. The van der Waals surface area contributed by atoms with E-state index in [2.05, 4.69) is 4.99 Å². The molecule has 0 saturated heterocycles. The molecule has 0 aromatic heterocycles. The lowest BCUT2D eigenvalue weighted by Gasteiger charge is -2.20. The highest BCUT2D eigenvalue weighted by molar-refractivity contribution is 7.92. The fourth-order valence-electron chi connectivity index (χ4n) is 3.09. The number of nitrogens with zero attached hydrogens (tertiary/aromatic N) is 1. The summed E-state index contributed by atoms with van der Waals surface area (Å²) in [6.45, 7) is 2.97. The highest BCUT2D eigenvalue weighted by Crippen LogP contribution is 2.33. The van der Waals surface area contributed by atoms with E-state index in [1.807, 2.05) is 13.0 Å². The number of rotatable bonds is 7. The summed E-state index contributed by atoms with van der Waals surface area (Å²) < 4.78 is 41.8. The van der Waals surface area contributed by atoms with Crippen LogP contribution in [0.3, 0.4) is 0 Å². The Morgan fingerprint density at radius 2 is 1.70 bits per heavy atom. The molecule has 0 radical (unpaired) electrons. The Bertz CT molecular complexity index is 949. The molecule has 1 aliphatic rings. The molecule has 3 rings (SSSR count). The van der Waals surface area contributed by atoms with Crippen LogP contribution in [-0.2, 0) is 16.3 Å². The zero-order chi connectivity index (χ0) is 19.4. The quantitative estimate of drug-likeness (QED) is 0.728. The van der Waals surface area contributed by atoms with Crippen molar-refractivity contribution in [3.63, 3.8) is 0 Å². The monoisotopic (exact) mass is 389 g/mol. The van der Waals surface area contributed by atoms with Crippen molar-refractivity contribution in [2.45, 2.75) is 18.2 Å². The van der Waals surface area contributed by atoms with Crippen molar-refractivity contribution in [2.24, 2.45) is 4.99 Å². The van der Waals surface area contributed by atoms with Gasteiger partial charge in [0, 0.05) is 12.1 Å². The largest absolute Gasteiger partial charge is 0.494 e. The molecule has 2 aromatic carbocycles. The van der Waals surface area contributed by atoms with Crippen molar-refractivity contribution in [1.82, 2.24) is 0 Å². The van der Waals surface area contributed by atoms with E-state index in [0.29, 0.717) is 36.1 Å². The van der Waals surface area contributed by atoms with Gasteiger partial charge in [-0.2, -0.15) is 0 Å². The maximum Gasteiger partial charge on any atom is 0.184 e. The van der Waals surface area contributed by atoms with Crippen molar-refractivity contribution in [2.75, 3.05) is 33.1 Å². The van der Waals surface area contributed by atoms with Gasteiger partial charge in [-0.05, 0) is 55.3 Å². The van der Waals surface area contributed by atoms with Crippen molar-refractivity contribution >= 4 is 15.5 Å². The van der Waals surface area contributed by atoms with E-state index < -0.39 is 9.84 Å². The summed E-state index contributed by atoms with van der Waals surface area (Å²) in [7, 11) is -0.390. The Morgan fingerprint density at radius 1 is 1.04 bits per heavy atom. The molecule has 0 aliphatic carbocycles. The second kappa shape index (κ2) is 8.00. The molecule has 1 heterocycles. The lowest BCUT2D eigenvalue weighted by molar-refractivity contribution is 0.340. The zero-order valence-electron chi connectivity index (χ0n) is 15.7. The van der Waals surface area contributed by atoms with Gasteiger partial charge < -0.3 is 14.2 Å². The first-order chi connectivity index (χ1) is 13.0. The highest BCUT2D eigenvalue weighted by atomic mass is 32.2. The fraction of sp³-hybridized carbons (Fsp3) is 0.350. The second-order valence-electron chi connectivity index (χ2n) is 6.11. The highest BCUT2D eigenvalue weighted by Gasteiger charge is 2.24. The SMILES string of the molecule is CCOc1ccc(S(=O)(=O)CC2=NCCc3cc(OC)c(OC)cc32)cc1. The molecule has 0 atom stereocenters. The molecule has 0 fully saturated rings. The van der Waals surface area contributed by atoms with Crippen LogP contribution in [0.4, 0.5) is 0 Å². The smallest absolute Gasteiger partial charge is 0.184 e. The van der Waals surface area contributed by atoms with Crippen LogP contribution in [0.1, 0.15) is 18.1 Å². The maximum atomic E-state index is 12.9. The number of aliphatic imine (C=N–C) groups is 1. The van der Waals surface area contributed by atoms with Gasteiger partial charge in [0.25, 0.3) is 0 Å². The number of methoxy groups -OCH3 is 2. The lowest BCUT2D eigenvalue weighted by Crippen LogP contribution is -2.22. The minimum Gasteiger partial charge on any atom is -0.494 e. The number of hydrogen-bond donors (Lipinski definition) is 0. The molecule has 0 spiro atoms. The maximum absolute atomic E-state index is 12.9. The minimum absolute atomic E-state index is 0.163. The van der Waals surface area contributed by atoms with Gasteiger partial charge in [-0.15, -0.1) is 0 Å². The molecule has 27 heavy (non-hydrogen) atoms. The summed E-state index contributed by atoms with van der Waals surface area (Å²) in [6, 6.07) is 10.2. The molecule has 0 unspecified atom stereocenters. The van der Waals surface area contributed by atoms with Gasteiger partial charge in [-0.3, -0.25) is 4.99 Å². The Balaban J connectivity index is 1.90. The first kappa shape index (κ1) is 19.2. The van der Waals surface area contributed by atoms with Crippen LogP contribution < -0.4 is 14.2 Å². The van der Waals surface area contributed by atoms with Gasteiger partial charge in [0.1, 0.15) is 5.75 Å². The Morgan fingerprint density at radius 3 is 2.33 bits per heavy atom. The molecule has 1 aliphatic heterocycles. The van der Waals surface area contributed by atoms with Crippen LogP contribution >= 0.6 is 0 Å². The molecule has 2 aromatic rings. The summed E-state index contributed by atoms with van der Waals surface area (Å²) >= 11 is 0. The average molecular weight is 389 g/mol. The Labute approximate surface area is 159 Å². The molecule has 0 saturated carbocycles. The van der Waals surface area contributed by atoms with Crippen LogP contribution in [0.25, 0.3) is 0 Å². The summed E-state index contributed by atoms with van der Waals surface area (Å²) in [5, 5.41) is 0. The molecule has 7 heteroatoms. The fourth-order valence-corrected chi connectivity index (χ4v) is 4.41. The summed E-state index contributed by atoms with van der Waals surface area (Å²) in [5.74, 6) is 1.67. The van der Waals surface area contributed by atoms with Crippen LogP contribution in [0.5, 0.6) is 17.2 Å². The van der Waals surface area contributed by atoms with E-state index in [9.17, 15) is 8.42 Å². The summed E-state index contributed by atoms with van der Waals surface area (Å²) in [5.41, 5.74) is 2.36. The van der Waals surface area contributed by atoms with Crippen molar-refractivity contribution in [1.29, 1.82) is 0 Å². The van der Waals surface area contributed by atoms with E-state index in [1.165, 1.54) is 0 Å². The van der Waals surface area contributed by atoms with Crippen LogP contribution in [-0.4, -0.2) is 47.3 Å². The van der Waals surface area contributed by atoms with Gasteiger partial charge in [-0.25, -0.2) is 8.42 Å². The van der Waals surface area contributed by atoms with Gasteiger partial charge in [-0.1, -0.05) is 0 Å². The summed E-state index contributed by atoms with van der Waals surface area (Å²) in [4.78, 5) is 4.73. The number of ether oxygens (including phenoxy) is 3. The number of hydrogen-bond acceptors (Lipinski definition) is 6. The third kappa shape index (κ3) is 4.08. The van der Waals surface area contributed by atoms with Gasteiger partial charge in [0.15, 0.2) is 21.3 Å². The predicted molar refractivity (Wildman–Crippen MR) is 104 cm³/mol. The molecule has 6 nitrogen and oxygen atoms in total. The van der Waals surface area contributed by atoms with E-state index in [0.717, 1.165) is 17.5 Å². The predicted octanol–water partition coefficient (Wildman–Crippen LogP) is 2.92. The standard InChI is InChI=1S/C20H23NO5S/c1-4-26-15-5-7-16(8-6-15)27(22,23)13-18-17-12-20(25-3)19(24-2)11-14(17)9-10-21-18/h5-8,11-12H,4,9-10,13H2,1-3H3. The first-order valence-electron chi connectivity index (χ1n) is 8.72. The molecule has 144 valence electrons. The zero-order valence-corrected chi connectivity index (χ0v) is 16.5. The van der Waals surface area contributed by atoms with Crippen LogP contribution in [0, 0.1) is 0 Å². The van der Waals surface area contributed by atoms with Crippen molar-refractivity contribution in [3.8, 4) is 17.2 Å².